The van der Waals surface area contributed by atoms with E-state index < -0.39 is 0 Å². The van der Waals surface area contributed by atoms with Gasteiger partial charge in [-0.15, -0.1) is 0 Å². The van der Waals surface area contributed by atoms with Gasteiger partial charge in [0.2, 0.25) is 0 Å². The molecule has 0 amide bonds. The van der Waals surface area contributed by atoms with Crippen molar-refractivity contribution in [2.75, 3.05) is 19.8 Å². The molecule has 1 aromatic rings. The molecule has 24 heavy (non-hydrogen) atoms. The van der Waals surface area contributed by atoms with E-state index in [9.17, 15) is 0 Å². The normalized spacial score (nSPS) is 20.2. The largest absolute Gasteiger partial charge is 0.493 e. The minimum atomic E-state index is 0.665. The molecule has 1 aliphatic heterocycles. The number of benzene rings is 1. The van der Waals surface area contributed by atoms with Crippen molar-refractivity contribution in [3.05, 3.63) is 29.8 Å². The molecule has 0 unspecified atom stereocenters. The SMILES string of the molecule is c1ccc(OCC2CCOCC2)c(CCCCC2CCCCC2)c1. The summed E-state index contributed by atoms with van der Waals surface area (Å²) in [6, 6.07) is 8.65. The number of hydrogen-bond acceptors (Lipinski definition) is 2. The average Bonchev–Trinajstić information content (AvgIpc) is 2.66. The smallest absolute Gasteiger partial charge is 0.122 e. The maximum absolute atomic E-state index is 6.17. The van der Waals surface area contributed by atoms with Gasteiger partial charge < -0.3 is 9.47 Å². The molecule has 0 bridgehead atoms. The third kappa shape index (κ3) is 5.81. The fraction of sp³-hybridized carbons (Fsp3) is 0.727. The lowest BCUT2D eigenvalue weighted by Crippen LogP contribution is -2.21. The number of ether oxygens (including phenoxy) is 2. The number of unbranched alkanes of at least 4 members (excludes halogenated alkanes) is 1. The van der Waals surface area contributed by atoms with Gasteiger partial charge in [-0.05, 0) is 49.1 Å². The van der Waals surface area contributed by atoms with E-state index in [-0.39, 0.29) is 0 Å². The van der Waals surface area contributed by atoms with Gasteiger partial charge in [-0.2, -0.15) is 0 Å². The van der Waals surface area contributed by atoms with Crippen LogP contribution in [0.15, 0.2) is 24.3 Å². The molecular weight excluding hydrogens is 296 g/mol. The molecule has 0 radical (unpaired) electrons. The second-order valence-electron chi connectivity index (χ2n) is 7.72. The molecule has 1 saturated carbocycles. The van der Waals surface area contributed by atoms with E-state index in [1.165, 1.54) is 56.9 Å². The number of aryl methyl sites for hydroxylation is 1. The van der Waals surface area contributed by atoms with Gasteiger partial charge in [0.25, 0.3) is 0 Å². The van der Waals surface area contributed by atoms with Crippen molar-refractivity contribution in [1.82, 2.24) is 0 Å². The van der Waals surface area contributed by atoms with Crippen molar-refractivity contribution >= 4 is 0 Å². The van der Waals surface area contributed by atoms with Crippen LogP contribution in [-0.4, -0.2) is 19.8 Å². The summed E-state index contributed by atoms with van der Waals surface area (Å²) in [6.07, 6.45) is 14.9. The predicted octanol–water partition coefficient (Wildman–Crippen LogP) is 5.79. The Hall–Kier alpha value is -1.02. The highest BCUT2D eigenvalue weighted by molar-refractivity contribution is 5.33. The van der Waals surface area contributed by atoms with Gasteiger partial charge in [-0.3, -0.25) is 0 Å². The number of para-hydroxylation sites is 1. The molecule has 134 valence electrons. The minimum absolute atomic E-state index is 0.665. The van der Waals surface area contributed by atoms with E-state index in [4.69, 9.17) is 9.47 Å². The summed E-state index contributed by atoms with van der Waals surface area (Å²) in [6.45, 7) is 2.65. The van der Waals surface area contributed by atoms with Crippen LogP contribution in [0.3, 0.4) is 0 Å². The molecule has 0 atom stereocenters. The zero-order valence-electron chi connectivity index (χ0n) is 15.2. The van der Waals surface area contributed by atoms with Crippen LogP contribution in [0.25, 0.3) is 0 Å². The lowest BCUT2D eigenvalue weighted by molar-refractivity contribution is 0.0496. The van der Waals surface area contributed by atoms with Gasteiger partial charge in [-0.1, -0.05) is 63.1 Å². The Bertz CT molecular complexity index is 459. The second-order valence-corrected chi connectivity index (χ2v) is 7.72. The molecule has 1 saturated heterocycles. The van der Waals surface area contributed by atoms with Gasteiger partial charge in [0, 0.05) is 13.2 Å². The third-order valence-electron chi connectivity index (χ3n) is 5.82. The molecule has 0 N–H and O–H groups in total. The highest BCUT2D eigenvalue weighted by Gasteiger charge is 2.15. The van der Waals surface area contributed by atoms with Crippen LogP contribution in [0.4, 0.5) is 0 Å². The van der Waals surface area contributed by atoms with Crippen molar-refractivity contribution in [3.63, 3.8) is 0 Å². The van der Waals surface area contributed by atoms with E-state index in [0.29, 0.717) is 5.92 Å². The molecule has 2 fully saturated rings. The van der Waals surface area contributed by atoms with E-state index >= 15 is 0 Å². The molecule has 2 nitrogen and oxygen atoms in total. The van der Waals surface area contributed by atoms with Gasteiger partial charge in [0.15, 0.2) is 0 Å². The van der Waals surface area contributed by atoms with Crippen molar-refractivity contribution in [2.24, 2.45) is 11.8 Å². The van der Waals surface area contributed by atoms with Crippen LogP contribution < -0.4 is 4.74 Å². The highest BCUT2D eigenvalue weighted by atomic mass is 16.5. The molecule has 0 aromatic heterocycles. The summed E-state index contributed by atoms with van der Waals surface area (Å²) < 4.78 is 11.6. The third-order valence-corrected chi connectivity index (χ3v) is 5.82. The Morgan fingerprint density at radius 2 is 1.67 bits per heavy atom. The molecule has 0 spiro atoms. The van der Waals surface area contributed by atoms with Crippen molar-refractivity contribution in [2.45, 2.75) is 70.6 Å². The van der Waals surface area contributed by atoms with E-state index in [1.54, 1.807) is 0 Å². The summed E-state index contributed by atoms with van der Waals surface area (Å²) in [5.41, 5.74) is 1.40. The highest BCUT2D eigenvalue weighted by Crippen LogP contribution is 2.29. The first-order valence-corrected chi connectivity index (χ1v) is 10.2. The maximum atomic E-state index is 6.17. The average molecular weight is 331 g/mol. The fourth-order valence-corrected chi connectivity index (χ4v) is 4.20. The zero-order valence-corrected chi connectivity index (χ0v) is 15.2. The number of hydrogen-bond donors (Lipinski definition) is 0. The molecule has 1 heterocycles. The van der Waals surface area contributed by atoms with Crippen molar-refractivity contribution in [1.29, 1.82) is 0 Å². The van der Waals surface area contributed by atoms with Gasteiger partial charge in [0.1, 0.15) is 5.75 Å². The quantitative estimate of drug-likeness (QED) is 0.562. The topological polar surface area (TPSA) is 18.5 Å². The number of rotatable bonds is 8. The lowest BCUT2D eigenvalue weighted by atomic mass is 9.85. The molecule has 2 aliphatic rings. The molecule has 3 rings (SSSR count). The van der Waals surface area contributed by atoms with Crippen LogP contribution in [0.2, 0.25) is 0 Å². The van der Waals surface area contributed by atoms with Crippen LogP contribution in [0, 0.1) is 11.8 Å². The van der Waals surface area contributed by atoms with Crippen molar-refractivity contribution in [3.8, 4) is 5.75 Å². The van der Waals surface area contributed by atoms with E-state index in [2.05, 4.69) is 24.3 Å². The zero-order chi connectivity index (χ0) is 16.5. The minimum Gasteiger partial charge on any atom is -0.493 e. The van der Waals surface area contributed by atoms with E-state index in [1.807, 2.05) is 0 Å². The lowest BCUT2D eigenvalue weighted by Gasteiger charge is -2.23. The van der Waals surface area contributed by atoms with Crippen LogP contribution in [0.5, 0.6) is 5.75 Å². The van der Waals surface area contributed by atoms with Crippen LogP contribution >= 0.6 is 0 Å². The summed E-state index contributed by atoms with van der Waals surface area (Å²) in [5.74, 6) is 2.79. The standard InChI is InChI=1S/C22H34O2/c1-2-8-19(9-3-1)10-4-5-11-21-12-6-7-13-22(21)24-18-20-14-16-23-17-15-20/h6-7,12-13,19-20H,1-5,8-11,14-18H2. The Kier molecular flexibility index (Phi) is 7.47. The molecular formula is C22H34O2. The molecule has 1 aromatic carbocycles. The summed E-state index contributed by atoms with van der Waals surface area (Å²) >= 11 is 0. The molecule has 1 aliphatic carbocycles. The summed E-state index contributed by atoms with van der Waals surface area (Å²) in [5, 5.41) is 0. The monoisotopic (exact) mass is 330 g/mol. The first-order chi connectivity index (χ1) is 11.9. The Morgan fingerprint density at radius 3 is 2.50 bits per heavy atom. The first-order valence-electron chi connectivity index (χ1n) is 10.2. The summed E-state index contributed by atoms with van der Waals surface area (Å²) in [7, 11) is 0. The van der Waals surface area contributed by atoms with Gasteiger partial charge in [-0.25, -0.2) is 0 Å². The van der Waals surface area contributed by atoms with Crippen LogP contribution in [0.1, 0.15) is 69.8 Å². The van der Waals surface area contributed by atoms with Gasteiger partial charge in [0.05, 0.1) is 6.61 Å². The Balaban J connectivity index is 1.39. The van der Waals surface area contributed by atoms with E-state index in [0.717, 1.165) is 50.8 Å². The maximum Gasteiger partial charge on any atom is 0.122 e. The van der Waals surface area contributed by atoms with Crippen LogP contribution in [-0.2, 0) is 11.2 Å². The second kappa shape index (κ2) is 10.1. The fourth-order valence-electron chi connectivity index (χ4n) is 4.20. The van der Waals surface area contributed by atoms with Gasteiger partial charge >= 0.3 is 0 Å². The predicted molar refractivity (Wildman–Crippen MR) is 99.6 cm³/mol. The van der Waals surface area contributed by atoms with Crippen molar-refractivity contribution < 1.29 is 9.47 Å². The Labute approximate surface area is 147 Å². The first kappa shape index (κ1) is 17.8. The Morgan fingerprint density at radius 1 is 0.875 bits per heavy atom. The molecule has 2 heteroatoms. The summed E-state index contributed by atoms with van der Waals surface area (Å²) in [4.78, 5) is 0.